The molecule has 0 rings (SSSR count). The second-order valence-corrected chi connectivity index (χ2v) is 1.72. The fourth-order valence-electron chi connectivity index (χ4n) is 0.538. The lowest BCUT2D eigenvalue weighted by atomic mass is 10.3. The van der Waals surface area contributed by atoms with Crippen molar-refractivity contribution in [2.75, 3.05) is 20.8 Å². The first kappa shape index (κ1) is 7.92. The molecular weight excluding hydrogens is 104 g/mol. The normalized spacial score (nSPS) is 13.9. The van der Waals surface area contributed by atoms with Crippen molar-refractivity contribution in [3.63, 3.8) is 0 Å². The zero-order valence-electron chi connectivity index (χ0n) is 5.81. The van der Waals surface area contributed by atoms with Gasteiger partial charge >= 0.3 is 0 Å². The van der Waals surface area contributed by atoms with Gasteiger partial charge < -0.3 is 9.47 Å². The summed E-state index contributed by atoms with van der Waals surface area (Å²) < 4.78 is 9.88. The van der Waals surface area contributed by atoms with Gasteiger partial charge in [-0.1, -0.05) is 6.92 Å². The van der Waals surface area contributed by atoms with E-state index in [2.05, 4.69) is 6.92 Å². The Labute approximate surface area is 50.8 Å². The van der Waals surface area contributed by atoms with Crippen LogP contribution in [0.15, 0.2) is 0 Å². The first-order valence-electron chi connectivity index (χ1n) is 2.86. The van der Waals surface area contributed by atoms with E-state index in [0.717, 1.165) is 6.42 Å². The van der Waals surface area contributed by atoms with E-state index in [0.29, 0.717) is 6.61 Å². The van der Waals surface area contributed by atoms with Crippen LogP contribution in [0.4, 0.5) is 0 Å². The van der Waals surface area contributed by atoms with Crippen LogP contribution in [0.25, 0.3) is 0 Å². The van der Waals surface area contributed by atoms with Crippen LogP contribution in [0, 0.1) is 0 Å². The second-order valence-electron chi connectivity index (χ2n) is 1.72. The summed E-state index contributed by atoms with van der Waals surface area (Å²) in [5.41, 5.74) is 0. The van der Waals surface area contributed by atoms with Crippen molar-refractivity contribution in [2.45, 2.75) is 19.4 Å². The van der Waals surface area contributed by atoms with Gasteiger partial charge in [0.25, 0.3) is 0 Å². The van der Waals surface area contributed by atoms with Crippen LogP contribution in [0.5, 0.6) is 0 Å². The lowest BCUT2D eigenvalue weighted by Crippen LogP contribution is -2.15. The Morgan fingerprint density at radius 1 is 1.38 bits per heavy atom. The number of hydrogen-bond acceptors (Lipinski definition) is 2. The molecule has 0 aliphatic heterocycles. The minimum Gasteiger partial charge on any atom is -0.382 e. The van der Waals surface area contributed by atoms with Gasteiger partial charge in [0, 0.05) is 14.2 Å². The zero-order chi connectivity index (χ0) is 6.41. The van der Waals surface area contributed by atoms with Crippen LogP contribution in [-0.4, -0.2) is 26.9 Å². The van der Waals surface area contributed by atoms with Gasteiger partial charge in [0.1, 0.15) is 0 Å². The van der Waals surface area contributed by atoms with Gasteiger partial charge in [-0.15, -0.1) is 0 Å². The largest absolute Gasteiger partial charge is 0.382 e. The Bertz CT molecular complexity index is 41.8. The molecule has 50 valence electrons. The van der Waals surface area contributed by atoms with Crippen molar-refractivity contribution in [3.8, 4) is 0 Å². The quantitative estimate of drug-likeness (QED) is 0.549. The molecule has 0 aromatic heterocycles. The predicted octanol–water partition coefficient (Wildman–Crippen LogP) is 1.06. The summed E-state index contributed by atoms with van der Waals surface area (Å²) in [5, 5.41) is 0. The molecule has 0 saturated heterocycles. The van der Waals surface area contributed by atoms with E-state index in [1.807, 2.05) is 0 Å². The minimum atomic E-state index is 0.278. The van der Waals surface area contributed by atoms with Gasteiger partial charge in [-0.3, -0.25) is 0 Å². The molecule has 0 fully saturated rings. The molecule has 0 amide bonds. The van der Waals surface area contributed by atoms with E-state index in [4.69, 9.17) is 9.47 Å². The molecule has 0 unspecified atom stereocenters. The maximum absolute atomic E-state index is 5.01. The molecule has 0 N–H and O–H groups in total. The molecule has 1 atom stereocenters. The first-order chi connectivity index (χ1) is 3.85. The molecule has 0 aromatic rings. The highest BCUT2D eigenvalue weighted by Gasteiger charge is 2.00. The van der Waals surface area contributed by atoms with Crippen molar-refractivity contribution in [1.82, 2.24) is 0 Å². The Kier molecular flexibility index (Phi) is 5.01. The van der Waals surface area contributed by atoms with E-state index < -0.39 is 0 Å². The summed E-state index contributed by atoms with van der Waals surface area (Å²) >= 11 is 0. The van der Waals surface area contributed by atoms with Gasteiger partial charge in [-0.05, 0) is 6.42 Å². The Hall–Kier alpha value is -0.0800. The fourth-order valence-corrected chi connectivity index (χ4v) is 0.538. The number of rotatable bonds is 4. The van der Waals surface area contributed by atoms with Gasteiger partial charge in [-0.25, -0.2) is 0 Å². The summed E-state index contributed by atoms with van der Waals surface area (Å²) in [6.07, 6.45) is 1.30. The Morgan fingerprint density at radius 3 is 2.12 bits per heavy atom. The summed E-state index contributed by atoms with van der Waals surface area (Å²) in [5.74, 6) is 0. The van der Waals surface area contributed by atoms with Crippen molar-refractivity contribution < 1.29 is 9.47 Å². The van der Waals surface area contributed by atoms with E-state index in [-0.39, 0.29) is 6.10 Å². The maximum atomic E-state index is 5.01. The van der Waals surface area contributed by atoms with Crippen molar-refractivity contribution in [2.24, 2.45) is 0 Å². The SMILES string of the molecule is CC[C@H](COC)OC. The molecule has 2 nitrogen and oxygen atoms in total. The second kappa shape index (κ2) is 5.06. The van der Waals surface area contributed by atoms with E-state index in [9.17, 15) is 0 Å². The molecule has 0 aliphatic rings. The Balaban J connectivity index is 3.07. The van der Waals surface area contributed by atoms with Crippen LogP contribution in [0.3, 0.4) is 0 Å². The number of hydrogen-bond donors (Lipinski definition) is 0. The van der Waals surface area contributed by atoms with Gasteiger partial charge in [0.2, 0.25) is 0 Å². The van der Waals surface area contributed by atoms with E-state index in [1.54, 1.807) is 14.2 Å². The third kappa shape index (κ3) is 2.99. The Morgan fingerprint density at radius 2 is 2.00 bits per heavy atom. The fraction of sp³-hybridized carbons (Fsp3) is 1.00. The first-order valence-corrected chi connectivity index (χ1v) is 2.86. The third-order valence-electron chi connectivity index (χ3n) is 1.14. The van der Waals surface area contributed by atoms with Crippen molar-refractivity contribution >= 4 is 0 Å². The van der Waals surface area contributed by atoms with Gasteiger partial charge in [0.05, 0.1) is 12.7 Å². The monoisotopic (exact) mass is 118 g/mol. The number of methoxy groups -OCH3 is 2. The van der Waals surface area contributed by atoms with Crippen LogP contribution in [-0.2, 0) is 9.47 Å². The topological polar surface area (TPSA) is 18.5 Å². The van der Waals surface area contributed by atoms with Crippen molar-refractivity contribution in [1.29, 1.82) is 0 Å². The molecule has 0 aliphatic carbocycles. The lowest BCUT2D eigenvalue weighted by molar-refractivity contribution is 0.0265. The molecule has 2 heteroatoms. The maximum Gasteiger partial charge on any atom is 0.0801 e. The standard InChI is InChI=1S/C6H14O2/c1-4-6(8-3)5-7-2/h6H,4-5H2,1-3H3/t6-/m1/s1. The molecule has 0 spiro atoms. The van der Waals surface area contributed by atoms with Gasteiger partial charge in [0.15, 0.2) is 0 Å². The third-order valence-corrected chi connectivity index (χ3v) is 1.14. The zero-order valence-corrected chi connectivity index (χ0v) is 5.81. The smallest absolute Gasteiger partial charge is 0.0801 e. The average Bonchev–Trinajstić information content (AvgIpc) is 1.83. The molecule has 8 heavy (non-hydrogen) atoms. The van der Waals surface area contributed by atoms with Crippen LogP contribution >= 0.6 is 0 Å². The minimum absolute atomic E-state index is 0.278. The highest BCUT2D eigenvalue weighted by molar-refractivity contribution is 4.49. The van der Waals surface area contributed by atoms with Crippen LogP contribution < -0.4 is 0 Å². The highest BCUT2D eigenvalue weighted by atomic mass is 16.5. The lowest BCUT2D eigenvalue weighted by Gasteiger charge is -2.09. The molecule has 0 aromatic carbocycles. The highest BCUT2D eigenvalue weighted by Crippen LogP contribution is 1.94. The molecule has 0 heterocycles. The predicted molar refractivity (Wildman–Crippen MR) is 33.0 cm³/mol. The molecule has 0 bridgehead atoms. The molecule has 0 saturated carbocycles. The summed E-state index contributed by atoms with van der Waals surface area (Å²) in [4.78, 5) is 0. The van der Waals surface area contributed by atoms with Crippen molar-refractivity contribution in [3.05, 3.63) is 0 Å². The summed E-state index contributed by atoms with van der Waals surface area (Å²) in [7, 11) is 3.38. The molecular formula is C6H14O2. The van der Waals surface area contributed by atoms with E-state index >= 15 is 0 Å². The average molecular weight is 118 g/mol. The number of ether oxygens (including phenoxy) is 2. The van der Waals surface area contributed by atoms with Crippen LogP contribution in [0.2, 0.25) is 0 Å². The van der Waals surface area contributed by atoms with E-state index in [1.165, 1.54) is 0 Å². The molecule has 0 radical (unpaired) electrons. The van der Waals surface area contributed by atoms with Gasteiger partial charge in [-0.2, -0.15) is 0 Å². The van der Waals surface area contributed by atoms with Crippen LogP contribution in [0.1, 0.15) is 13.3 Å². The summed E-state index contributed by atoms with van der Waals surface area (Å²) in [6.45, 7) is 2.78. The summed E-state index contributed by atoms with van der Waals surface area (Å²) in [6, 6.07) is 0.